The van der Waals surface area contributed by atoms with Crippen LogP contribution in [-0.2, 0) is 0 Å². The van der Waals surface area contributed by atoms with Crippen LogP contribution in [0.25, 0.3) is 11.1 Å². The summed E-state index contributed by atoms with van der Waals surface area (Å²) < 4.78 is 13.0. The topological polar surface area (TPSA) is 60.2 Å². The molecular formula is C13H8FNO3. The Balaban J connectivity index is 2.58. The van der Waals surface area contributed by atoms with Crippen molar-refractivity contribution >= 4 is 12.0 Å². The molecule has 0 radical (unpaired) electrons. The van der Waals surface area contributed by atoms with Gasteiger partial charge < -0.3 is 0 Å². The van der Waals surface area contributed by atoms with Crippen molar-refractivity contribution in [3.8, 4) is 11.1 Å². The molecule has 0 aromatic heterocycles. The molecule has 0 atom stereocenters. The summed E-state index contributed by atoms with van der Waals surface area (Å²) in [5.41, 5.74) is 1.06. The number of non-ortho nitro benzene ring substituents is 1. The molecule has 0 aliphatic rings. The molecule has 0 fully saturated rings. The van der Waals surface area contributed by atoms with Crippen molar-refractivity contribution < 1.29 is 14.1 Å². The molecule has 18 heavy (non-hydrogen) atoms. The molecule has 0 aliphatic heterocycles. The van der Waals surface area contributed by atoms with Gasteiger partial charge >= 0.3 is 0 Å². The van der Waals surface area contributed by atoms with Gasteiger partial charge in [0.15, 0.2) is 6.29 Å². The summed E-state index contributed by atoms with van der Waals surface area (Å²) in [6.45, 7) is 0. The molecule has 0 aliphatic carbocycles. The van der Waals surface area contributed by atoms with Gasteiger partial charge in [0.1, 0.15) is 5.82 Å². The molecule has 0 heterocycles. The maximum atomic E-state index is 13.0. The summed E-state index contributed by atoms with van der Waals surface area (Å²) in [7, 11) is 0. The zero-order valence-corrected chi connectivity index (χ0v) is 9.17. The molecule has 0 saturated carbocycles. The van der Waals surface area contributed by atoms with Crippen molar-refractivity contribution in [1.82, 2.24) is 0 Å². The number of nitro groups is 1. The molecular weight excluding hydrogens is 237 g/mol. The quantitative estimate of drug-likeness (QED) is 0.474. The lowest BCUT2D eigenvalue weighted by Crippen LogP contribution is -1.91. The maximum absolute atomic E-state index is 13.0. The van der Waals surface area contributed by atoms with E-state index in [-0.39, 0.29) is 11.3 Å². The van der Waals surface area contributed by atoms with Gasteiger partial charge in [-0.3, -0.25) is 14.9 Å². The molecule has 2 rings (SSSR count). The van der Waals surface area contributed by atoms with Crippen LogP contribution in [0.15, 0.2) is 42.5 Å². The third kappa shape index (κ3) is 2.24. The molecule has 0 bridgehead atoms. The Bertz CT molecular complexity index is 625. The summed E-state index contributed by atoms with van der Waals surface area (Å²) in [4.78, 5) is 21.0. The number of halogens is 1. The van der Waals surface area contributed by atoms with Gasteiger partial charge in [0.2, 0.25) is 0 Å². The fourth-order valence-electron chi connectivity index (χ4n) is 1.68. The second-order valence-corrected chi connectivity index (χ2v) is 3.66. The highest BCUT2D eigenvalue weighted by molar-refractivity contribution is 5.87. The summed E-state index contributed by atoms with van der Waals surface area (Å²) in [6.07, 6.45) is 0.525. The molecule has 4 nitrogen and oxygen atoms in total. The molecule has 0 saturated heterocycles. The van der Waals surface area contributed by atoms with E-state index in [4.69, 9.17) is 0 Å². The third-order valence-electron chi connectivity index (χ3n) is 2.51. The number of rotatable bonds is 3. The number of nitrogens with zero attached hydrogens (tertiary/aromatic N) is 1. The van der Waals surface area contributed by atoms with E-state index in [2.05, 4.69) is 0 Å². The van der Waals surface area contributed by atoms with Crippen LogP contribution in [0.3, 0.4) is 0 Å². The zero-order valence-electron chi connectivity index (χ0n) is 9.17. The summed E-state index contributed by atoms with van der Waals surface area (Å²) >= 11 is 0. The van der Waals surface area contributed by atoms with E-state index < -0.39 is 10.7 Å². The van der Waals surface area contributed by atoms with Gasteiger partial charge in [-0.25, -0.2) is 4.39 Å². The number of carbonyl (C=O) groups excluding carboxylic acids is 1. The summed E-state index contributed by atoms with van der Waals surface area (Å²) in [6, 6.07) is 9.59. The van der Waals surface area contributed by atoms with Crippen molar-refractivity contribution in [3.05, 3.63) is 64.0 Å². The van der Waals surface area contributed by atoms with Crippen LogP contribution in [0, 0.1) is 15.9 Å². The summed E-state index contributed by atoms with van der Waals surface area (Å²) in [5, 5.41) is 10.7. The fraction of sp³-hybridized carbons (Fsp3) is 0. The number of benzene rings is 2. The normalized spacial score (nSPS) is 10.1. The van der Waals surface area contributed by atoms with Gasteiger partial charge in [-0.05, 0) is 23.3 Å². The number of aldehydes is 1. The SMILES string of the molecule is O=Cc1cc(F)ccc1-c1cccc([N+](=O)[O-])c1. The van der Waals surface area contributed by atoms with Gasteiger partial charge in [0.05, 0.1) is 4.92 Å². The Kier molecular flexibility index (Phi) is 3.14. The van der Waals surface area contributed by atoms with E-state index in [1.807, 2.05) is 0 Å². The number of carbonyl (C=O) groups is 1. The molecule has 90 valence electrons. The molecule has 0 N–H and O–H groups in total. The first kappa shape index (κ1) is 11.9. The Morgan fingerprint density at radius 3 is 2.61 bits per heavy atom. The van der Waals surface area contributed by atoms with Crippen molar-refractivity contribution in [1.29, 1.82) is 0 Å². The first-order chi connectivity index (χ1) is 8.61. The zero-order chi connectivity index (χ0) is 13.1. The van der Waals surface area contributed by atoms with E-state index in [0.29, 0.717) is 17.4 Å². The molecule has 2 aromatic rings. The second kappa shape index (κ2) is 4.75. The molecule has 0 amide bonds. The van der Waals surface area contributed by atoms with Crippen LogP contribution in [0.5, 0.6) is 0 Å². The second-order valence-electron chi connectivity index (χ2n) is 3.66. The average molecular weight is 245 g/mol. The lowest BCUT2D eigenvalue weighted by atomic mass is 10.00. The minimum Gasteiger partial charge on any atom is -0.298 e. The Morgan fingerprint density at radius 2 is 1.94 bits per heavy atom. The monoisotopic (exact) mass is 245 g/mol. The van der Waals surface area contributed by atoms with Gasteiger partial charge in [-0.1, -0.05) is 18.2 Å². The first-order valence-electron chi connectivity index (χ1n) is 5.11. The van der Waals surface area contributed by atoms with E-state index >= 15 is 0 Å². The predicted molar refractivity (Wildman–Crippen MR) is 63.9 cm³/mol. The average Bonchev–Trinajstić information content (AvgIpc) is 2.38. The lowest BCUT2D eigenvalue weighted by molar-refractivity contribution is -0.384. The van der Waals surface area contributed by atoms with Crippen molar-refractivity contribution in [2.24, 2.45) is 0 Å². The van der Waals surface area contributed by atoms with E-state index in [9.17, 15) is 19.3 Å². The third-order valence-corrected chi connectivity index (χ3v) is 2.51. The van der Waals surface area contributed by atoms with E-state index in [0.717, 1.165) is 6.07 Å². The lowest BCUT2D eigenvalue weighted by Gasteiger charge is -2.05. The number of hydrogen-bond donors (Lipinski definition) is 0. The van der Waals surface area contributed by atoms with Crippen LogP contribution in [0.2, 0.25) is 0 Å². The van der Waals surface area contributed by atoms with Crippen LogP contribution in [0.4, 0.5) is 10.1 Å². The van der Waals surface area contributed by atoms with Crippen LogP contribution in [0.1, 0.15) is 10.4 Å². The van der Waals surface area contributed by atoms with E-state index in [1.54, 1.807) is 6.07 Å². The van der Waals surface area contributed by atoms with Crippen LogP contribution >= 0.6 is 0 Å². The largest absolute Gasteiger partial charge is 0.298 e. The number of nitro benzene ring substituents is 1. The molecule has 0 unspecified atom stereocenters. The van der Waals surface area contributed by atoms with Crippen LogP contribution < -0.4 is 0 Å². The highest BCUT2D eigenvalue weighted by Gasteiger charge is 2.10. The molecule has 5 heteroatoms. The molecule has 2 aromatic carbocycles. The Hall–Kier alpha value is -2.56. The highest BCUT2D eigenvalue weighted by Crippen LogP contribution is 2.26. The smallest absolute Gasteiger partial charge is 0.270 e. The van der Waals surface area contributed by atoms with Gasteiger partial charge in [0.25, 0.3) is 5.69 Å². The number of hydrogen-bond acceptors (Lipinski definition) is 3. The predicted octanol–water partition coefficient (Wildman–Crippen LogP) is 3.21. The van der Waals surface area contributed by atoms with Gasteiger partial charge in [0, 0.05) is 17.7 Å². The minimum atomic E-state index is -0.522. The van der Waals surface area contributed by atoms with Crippen LogP contribution in [-0.4, -0.2) is 11.2 Å². The highest BCUT2D eigenvalue weighted by atomic mass is 19.1. The van der Waals surface area contributed by atoms with E-state index in [1.165, 1.54) is 30.3 Å². The Labute approximate surface area is 102 Å². The Morgan fingerprint density at radius 1 is 1.17 bits per heavy atom. The van der Waals surface area contributed by atoms with Crippen molar-refractivity contribution in [3.63, 3.8) is 0 Å². The van der Waals surface area contributed by atoms with Gasteiger partial charge in [-0.15, -0.1) is 0 Å². The maximum Gasteiger partial charge on any atom is 0.270 e. The fourth-order valence-corrected chi connectivity index (χ4v) is 1.68. The van der Waals surface area contributed by atoms with Gasteiger partial charge in [-0.2, -0.15) is 0 Å². The molecule has 0 spiro atoms. The summed E-state index contributed by atoms with van der Waals surface area (Å²) in [5.74, 6) is -0.522. The standard InChI is InChI=1S/C13H8FNO3/c14-11-4-5-13(10(6-11)8-16)9-2-1-3-12(7-9)15(17)18/h1-8H. The van der Waals surface area contributed by atoms with Crippen molar-refractivity contribution in [2.45, 2.75) is 0 Å². The minimum absolute atomic E-state index is 0.0753. The first-order valence-corrected chi connectivity index (χ1v) is 5.11. The van der Waals surface area contributed by atoms with Crippen molar-refractivity contribution in [2.75, 3.05) is 0 Å².